The van der Waals surface area contributed by atoms with Gasteiger partial charge in [0.05, 0.1) is 42.8 Å². The Morgan fingerprint density at radius 1 is 1.25 bits per heavy atom. The van der Waals surface area contributed by atoms with Gasteiger partial charge in [-0.15, -0.1) is 11.3 Å². The molecule has 1 aliphatic heterocycles. The van der Waals surface area contributed by atoms with Crippen LogP contribution in [0.3, 0.4) is 0 Å². The molecule has 6 rings (SSSR count). The summed E-state index contributed by atoms with van der Waals surface area (Å²) < 4.78 is 20.4. The summed E-state index contributed by atoms with van der Waals surface area (Å²) in [7, 11) is 1.58. The van der Waals surface area contributed by atoms with Crippen LogP contribution < -0.4 is 16.0 Å². The van der Waals surface area contributed by atoms with Crippen molar-refractivity contribution < 1.29 is 23.8 Å². The molecular weight excluding hydrogens is 584 g/mol. The molecule has 1 fully saturated rings. The molecule has 11 nitrogen and oxygen atoms in total. The van der Waals surface area contributed by atoms with Gasteiger partial charge >= 0.3 is 11.7 Å². The van der Waals surface area contributed by atoms with Gasteiger partial charge in [0.15, 0.2) is 0 Å². The number of ether oxygens (including phenoxy) is 2. The van der Waals surface area contributed by atoms with Gasteiger partial charge in [0.2, 0.25) is 5.89 Å². The van der Waals surface area contributed by atoms with Crippen LogP contribution in [0.1, 0.15) is 57.3 Å². The first kappa shape index (κ1) is 29.8. The second-order valence-electron chi connectivity index (χ2n) is 11.7. The summed E-state index contributed by atoms with van der Waals surface area (Å²) in [6.45, 7) is 7.26. The first-order valence-corrected chi connectivity index (χ1v) is 15.3. The maximum Gasteiger partial charge on any atom is 0.333 e. The predicted molar refractivity (Wildman–Crippen MR) is 167 cm³/mol. The molecule has 0 radical (unpaired) electrons. The fourth-order valence-electron chi connectivity index (χ4n) is 6.10. The van der Waals surface area contributed by atoms with E-state index in [-0.39, 0.29) is 18.0 Å². The number of hydrogen-bond donors (Lipinski definition) is 1. The molecular formula is C32H34N4O7S. The number of carboxylic acid groups (broad SMARTS) is 1. The normalized spacial score (nSPS) is 17.6. The zero-order valence-corrected chi connectivity index (χ0v) is 26.1. The van der Waals surface area contributed by atoms with Crippen molar-refractivity contribution in [2.45, 2.75) is 71.2 Å². The van der Waals surface area contributed by atoms with E-state index in [1.807, 2.05) is 24.3 Å². The SMILES string of the molecule is COc1ccccc1C(Cn1c(=O)n(C(C)(C)C(=O)O)c(=O)c2c(C)c(-c3ncco3)sc21)OC1CCC2=NCC(C)=C2C1. The van der Waals surface area contributed by atoms with Gasteiger partial charge in [0.25, 0.3) is 5.56 Å². The second kappa shape index (κ2) is 11.3. The number of benzene rings is 1. The maximum atomic E-state index is 14.3. The number of aliphatic imine (C=N–C) groups is 1. The number of thiophene rings is 1. The van der Waals surface area contributed by atoms with Crippen molar-refractivity contribution in [3.8, 4) is 16.5 Å². The molecule has 1 aromatic carbocycles. The van der Waals surface area contributed by atoms with Crippen molar-refractivity contribution in [2.24, 2.45) is 4.99 Å². The Morgan fingerprint density at radius 2 is 2.02 bits per heavy atom. The van der Waals surface area contributed by atoms with Gasteiger partial charge in [-0.05, 0) is 63.3 Å². The Hall–Kier alpha value is -4.29. The molecule has 1 N–H and O–H groups in total. The van der Waals surface area contributed by atoms with Gasteiger partial charge in [-0.25, -0.2) is 19.1 Å². The van der Waals surface area contributed by atoms with Crippen LogP contribution in [-0.2, 0) is 21.6 Å². The summed E-state index contributed by atoms with van der Waals surface area (Å²) in [5, 5.41) is 10.3. The fourth-order valence-corrected chi connectivity index (χ4v) is 7.34. The molecule has 0 saturated heterocycles. The number of fused-ring (bicyclic) bond motifs is 2. The lowest BCUT2D eigenvalue weighted by Gasteiger charge is -2.31. The lowest BCUT2D eigenvalue weighted by atomic mass is 9.89. The monoisotopic (exact) mass is 618 g/mol. The van der Waals surface area contributed by atoms with Crippen molar-refractivity contribution in [3.05, 3.63) is 79.8 Å². The number of oxazole rings is 1. The number of carboxylic acids is 1. The van der Waals surface area contributed by atoms with Gasteiger partial charge in [-0.2, -0.15) is 0 Å². The van der Waals surface area contributed by atoms with Gasteiger partial charge in [-0.3, -0.25) is 14.4 Å². The summed E-state index contributed by atoms with van der Waals surface area (Å²) in [6.07, 6.45) is 4.41. The van der Waals surface area contributed by atoms with Crippen molar-refractivity contribution in [1.29, 1.82) is 0 Å². The first-order valence-electron chi connectivity index (χ1n) is 14.5. The number of aryl methyl sites for hydroxylation is 1. The molecule has 0 spiro atoms. The Bertz CT molecular complexity index is 1940. The van der Waals surface area contributed by atoms with Gasteiger partial charge in [-0.1, -0.05) is 18.2 Å². The number of hydrogen-bond acceptors (Lipinski definition) is 9. The minimum atomic E-state index is -1.83. The summed E-state index contributed by atoms with van der Waals surface area (Å²) in [4.78, 5) is 50.5. The molecule has 2 atom stereocenters. The highest BCUT2D eigenvalue weighted by molar-refractivity contribution is 7.22. The molecule has 4 heterocycles. The molecule has 2 unspecified atom stereocenters. The average Bonchev–Trinajstić information content (AvgIpc) is 3.74. The lowest BCUT2D eigenvalue weighted by Crippen LogP contribution is -2.52. The third-order valence-electron chi connectivity index (χ3n) is 8.62. The van der Waals surface area contributed by atoms with Gasteiger partial charge < -0.3 is 19.0 Å². The predicted octanol–water partition coefficient (Wildman–Crippen LogP) is 5.10. The number of aromatic nitrogens is 3. The molecule has 12 heteroatoms. The number of nitrogens with zero attached hydrogens (tertiary/aromatic N) is 4. The highest BCUT2D eigenvalue weighted by Crippen LogP contribution is 2.39. The van der Waals surface area contributed by atoms with E-state index in [2.05, 4.69) is 16.9 Å². The molecule has 230 valence electrons. The maximum absolute atomic E-state index is 14.3. The molecule has 0 bridgehead atoms. The summed E-state index contributed by atoms with van der Waals surface area (Å²) >= 11 is 1.21. The second-order valence-corrected chi connectivity index (χ2v) is 12.7. The Balaban J connectivity index is 1.54. The van der Waals surface area contributed by atoms with Crippen LogP contribution >= 0.6 is 11.3 Å². The standard InChI is InChI=1S/C32H34N4O7S/c1-17-15-34-22-11-10-19(14-21(17)22)43-24(20-8-6-7-9-23(20)41-5)16-35-29-25(18(2)26(44-29)27-33-12-13-42-27)28(37)36(31(35)40)32(3,4)30(38)39/h6-9,12-13,19,24H,10-11,14-16H2,1-5H3,(H,38,39). The van der Waals surface area contributed by atoms with Crippen LogP contribution in [0.5, 0.6) is 5.75 Å². The Morgan fingerprint density at radius 3 is 2.73 bits per heavy atom. The van der Waals surface area contributed by atoms with Gasteiger partial charge in [0, 0.05) is 17.7 Å². The molecule has 2 aliphatic rings. The first-order chi connectivity index (χ1) is 21.0. The van der Waals surface area contributed by atoms with Crippen molar-refractivity contribution in [1.82, 2.24) is 14.1 Å². The van der Waals surface area contributed by atoms with Crippen LogP contribution in [0.25, 0.3) is 21.0 Å². The van der Waals surface area contributed by atoms with E-state index >= 15 is 0 Å². The zero-order chi connectivity index (χ0) is 31.3. The van der Waals surface area contributed by atoms with E-state index in [1.54, 1.807) is 14.0 Å². The van der Waals surface area contributed by atoms with Crippen molar-refractivity contribution in [3.63, 3.8) is 0 Å². The Labute approximate surface area is 257 Å². The van der Waals surface area contributed by atoms with E-state index in [4.69, 9.17) is 13.9 Å². The molecule has 1 saturated carbocycles. The average molecular weight is 619 g/mol. The molecule has 3 aromatic heterocycles. The summed E-state index contributed by atoms with van der Waals surface area (Å²) in [5.74, 6) is -0.400. The van der Waals surface area contributed by atoms with E-state index in [0.29, 0.717) is 39.9 Å². The van der Waals surface area contributed by atoms with Crippen LogP contribution in [0.15, 0.2) is 66.9 Å². The van der Waals surface area contributed by atoms with Crippen LogP contribution in [-0.4, -0.2) is 50.7 Å². The van der Waals surface area contributed by atoms with E-state index in [9.17, 15) is 19.5 Å². The number of methoxy groups -OCH3 is 1. The highest BCUT2D eigenvalue weighted by Gasteiger charge is 2.37. The number of aliphatic carboxylic acids is 1. The smallest absolute Gasteiger partial charge is 0.333 e. The third kappa shape index (κ3) is 4.91. The number of rotatable bonds is 9. The van der Waals surface area contributed by atoms with Gasteiger partial charge in [0.1, 0.15) is 28.5 Å². The number of carbonyl (C=O) groups is 1. The van der Waals surface area contributed by atoms with E-state index in [1.165, 1.54) is 53.4 Å². The minimum absolute atomic E-state index is 0.00609. The van der Waals surface area contributed by atoms with Crippen LogP contribution in [0.2, 0.25) is 0 Å². The molecule has 0 amide bonds. The summed E-state index contributed by atoms with van der Waals surface area (Å²) in [6, 6.07) is 7.48. The van der Waals surface area contributed by atoms with Crippen LogP contribution in [0.4, 0.5) is 0 Å². The third-order valence-corrected chi connectivity index (χ3v) is 9.92. The van der Waals surface area contributed by atoms with E-state index < -0.39 is 28.9 Å². The zero-order valence-electron chi connectivity index (χ0n) is 25.2. The number of para-hydroxylation sites is 1. The quantitative estimate of drug-likeness (QED) is 0.274. The molecule has 44 heavy (non-hydrogen) atoms. The Kier molecular flexibility index (Phi) is 7.66. The molecule has 1 aliphatic carbocycles. The fraction of sp³-hybridized carbons (Fsp3) is 0.406. The molecule has 4 aromatic rings. The largest absolute Gasteiger partial charge is 0.496 e. The summed E-state index contributed by atoms with van der Waals surface area (Å²) in [5.41, 5.74) is 1.67. The topological polar surface area (TPSA) is 138 Å². The minimum Gasteiger partial charge on any atom is -0.496 e. The van der Waals surface area contributed by atoms with Crippen LogP contribution in [0, 0.1) is 6.92 Å². The highest BCUT2D eigenvalue weighted by atomic mass is 32.1. The van der Waals surface area contributed by atoms with E-state index in [0.717, 1.165) is 28.7 Å². The lowest BCUT2D eigenvalue weighted by molar-refractivity contribution is -0.146. The van der Waals surface area contributed by atoms with Crippen molar-refractivity contribution >= 4 is 33.2 Å². The van der Waals surface area contributed by atoms with Crippen molar-refractivity contribution in [2.75, 3.05) is 13.7 Å².